The molecule has 0 bridgehead atoms. The molecule has 1 amide bonds. The third-order valence-electron chi connectivity index (χ3n) is 6.13. The number of nitrogens with zero attached hydrogens (tertiary/aromatic N) is 3. The Morgan fingerprint density at radius 2 is 1.94 bits per heavy atom. The molecule has 0 atom stereocenters. The maximum atomic E-state index is 13.7. The van der Waals surface area contributed by atoms with Crippen molar-refractivity contribution in [1.82, 2.24) is 9.88 Å². The fourth-order valence-electron chi connectivity index (χ4n) is 4.39. The molecule has 3 heterocycles. The Morgan fingerprint density at radius 3 is 2.76 bits per heavy atom. The van der Waals surface area contributed by atoms with Gasteiger partial charge in [0.1, 0.15) is 11.1 Å². The molecule has 1 aliphatic heterocycles. The summed E-state index contributed by atoms with van der Waals surface area (Å²) < 4.78 is 11.9. The first kappa shape index (κ1) is 22.7. The van der Waals surface area contributed by atoms with E-state index in [1.807, 2.05) is 19.1 Å². The second kappa shape index (κ2) is 9.66. The number of para-hydroxylation sites is 1. The molecule has 1 fully saturated rings. The van der Waals surface area contributed by atoms with Gasteiger partial charge >= 0.3 is 5.63 Å². The van der Waals surface area contributed by atoms with Crippen LogP contribution in [0.3, 0.4) is 0 Å². The van der Waals surface area contributed by atoms with Crippen LogP contribution in [0, 0.1) is 13.8 Å². The van der Waals surface area contributed by atoms with Crippen molar-refractivity contribution in [3.05, 3.63) is 69.6 Å². The summed E-state index contributed by atoms with van der Waals surface area (Å²) in [4.78, 5) is 35.3. The van der Waals surface area contributed by atoms with Crippen LogP contribution < -0.4 is 10.5 Å². The third kappa shape index (κ3) is 4.61. The van der Waals surface area contributed by atoms with Crippen LogP contribution in [-0.2, 0) is 4.74 Å². The predicted octanol–water partition coefficient (Wildman–Crippen LogP) is 4.39. The van der Waals surface area contributed by atoms with E-state index < -0.39 is 5.63 Å². The fraction of sp³-hybridized carbons (Fsp3) is 0.346. The molecule has 5 rings (SSSR count). The quantitative estimate of drug-likeness (QED) is 0.384. The van der Waals surface area contributed by atoms with Gasteiger partial charge in [0.05, 0.1) is 23.4 Å². The zero-order valence-corrected chi connectivity index (χ0v) is 20.2. The number of morpholine rings is 1. The van der Waals surface area contributed by atoms with Crippen LogP contribution in [0.4, 0.5) is 5.13 Å². The average Bonchev–Trinajstić information content (AvgIpc) is 3.25. The summed E-state index contributed by atoms with van der Waals surface area (Å²) in [5, 5.41) is 1.32. The molecule has 1 saturated heterocycles. The molecule has 2 aromatic heterocycles. The van der Waals surface area contributed by atoms with Crippen LogP contribution in [0.2, 0.25) is 0 Å². The molecule has 0 N–H and O–H groups in total. The lowest BCUT2D eigenvalue weighted by molar-refractivity contribution is 0.0376. The van der Waals surface area contributed by atoms with Crippen molar-refractivity contribution in [1.29, 1.82) is 0 Å². The van der Waals surface area contributed by atoms with Crippen molar-refractivity contribution in [2.24, 2.45) is 0 Å². The van der Waals surface area contributed by atoms with Crippen LogP contribution in [0.25, 0.3) is 21.2 Å². The molecule has 0 unspecified atom stereocenters. The number of hydrogen-bond donors (Lipinski definition) is 0. The van der Waals surface area contributed by atoms with Gasteiger partial charge in [0.25, 0.3) is 5.91 Å². The number of anilines is 1. The number of carbonyl (C=O) groups is 1. The van der Waals surface area contributed by atoms with E-state index in [0.29, 0.717) is 17.3 Å². The number of thiazole rings is 1. The summed E-state index contributed by atoms with van der Waals surface area (Å²) in [6.07, 6.45) is 0.762. The molecule has 0 aliphatic carbocycles. The van der Waals surface area contributed by atoms with Crippen LogP contribution in [0.1, 0.15) is 27.9 Å². The van der Waals surface area contributed by atoms with E-state index >= 15 is 0 Å². The van der Waals surface area contributed by atoms with Crippen molar-refractivity contribution in [2.45, 2.75) is 20.3 Å². The highest BCUT2D eigenvalue weighted by Crippen LogP contribution is 2.32. The second-order valence-electron chi connectivity index (χ2n) is 8.67. The first-order valence-corrected chi connectivity index (χ1v) is 12.3. The van der Waals surface area contributed by atoms with Gasteiger partial charge in [-0.3, -0.25) is 14.6 Å². The number of aryl methyl sites for hydroxylation is 2. The summed E-state index contributed by atoms with van der Waals surface area (Å²) in [5.74, 6) is -0.380. The Labute approximate surface area is 201 Å². The van der Waals surface area contributed by atoms with Crippen LogP contribution in [-0.4, -0.2) is 55.2 Å². The standard InChI is InChI=1S/C26H27N3O4S/c1-17-14-18(2)23-22(15-17)34-26(27-23)29(9-5-8-28-10-12-32-13-11-28)24(30)20-16-19-6-3-4-7-21(19)33-25(20)31/h3-4,6-7,14-16H,5,8-13H2,1-2H3. The molecule has 7 nitrogen and oxygen atoms in total. The lowest BCUT2D eigenvalue weighted by Gasteiger charge is -2.27. The third-order valence-corrected chi connectivity index (χ3v) is 7.15. The minimum Gasteiger partial charge on any atom is -0.422 e. The Kier molecular flexibility index (Phi) is 6.45. The predicted molar refractivity (Wildman–Crippen MR) is 135 cm³/mol. The Bertz CT molecular complexity index is 1400. The number of aromatic nitrogens is 1. The van der Waals surface area contributed by atoms with E-state index in [1.54, 1.807) is 23.1 Å². The zero-order chi connectivity index (χ0) is 23.7. The summed E-state index contributed by atoms with van der Waals surface area (Å²) >= 11 is 1.48. The smallest absolute Gasteiger partial charge is 0.349 e. The molecule has 2 aromatic carbocycles. The average molecular weight is 478 g/mol. The van der Waals surface area contributed by atoms with Crippen molar-refractivity contribution >= 4 is 43.6 Å². The van der Waals surface area contributed by atoms with E-state index in [-0.39, 0.29) is 11.5 Å². The molecule has 4 aromatic rings. The monoisotopic (exact) mass is 477 g/mol. The Hall–Kier alpha value is -3.07. The highest BCUT2D eigenvalue weighted by atomic mass is 32.1. The van der Waals surface area contributed by atoms with Gasteiger partial charge in [-0.05, 0) is 49.6 Å². The molecule has 8 heteroatoms. The van der Waals surface area contributed by atoms with E-state index in [9.17, 15) is 9.59 Å². The molecular formula is C26H27N3O4S. The van der Waals surface area contributed by atoms with Crippen molar-refractivity contribution in [2.75, 3.05) is 44.3 Å². The van der Waals surface area contributed by atoms with Gasteiger partial charge in [0.15, 0.2) is 5.13 Å². The highest BCUT2D eigenvalue weighted by Gasteiger charge is 2.25. The lowest BCUT2D eigenvalue weighted by Crippen LogP contribution is -2.40. The van der Waals surface area contributed by atoms with Gasteiger partial charge in [-0.2, -0.15) is 0 Å². The Morgan fingerprint density at radius 1 is 1.15 bits per heavy atom. The van der Waals surface area contributed by atoms with Crippen LogP contribution >= 0.6 is 11.3 Å². The molecule has 34 heavy (non-hydrogen) atoms. The van der Waals surface area contributed by atoms with Gasteiger partial charge in [-0.15, -0.1) is 0 Å². The molecule has 0 spiro atoms. The minimum atomic E-state index is -0.630. The van der Waals surface area contributed by atoms with Gasteiger partial charge in [0, 0.05) is 31.6 Å². The zero-order valence-electron chi connectivity index (χ0n) is 19.4. The van der Waals surface area contributed by atoms with Gasteiger partial charge in [-0.1, -0.05) is 35.6 Å². The lowest BCUT2D eigenvalue weighted by atomic mass is 10.1. The maximum absolute atomic E-state index is 13.7. The number of benzene rings is 2. The SMILES string of the molecule is Cc1cc(C)c2nc(N(CCCN3CCOCC3)C(=O)c3cc4ccccc4oc3=O)sc2c1. The highest BCUT2D eigenvalue weighted by molar-refractivity contribution is 7.22. The van der Waals surface area contributed by atoms with E-state index in [2.05, 4.69) is 24.0 Å². The molecule has 176 valence electrons. The fourth-order valence-corrected chi connectivity index (χ4v) is 5.56. The molecule has 1 aliphatic rings. The van der Waals surface area contributed by atoms with E-state index in [0.717, 1.165) is 66.0 Å². The molecular weight excluding hydrogens is 450 g/mol. The van der Waals surface area contributed by atoms with Gasteiger partial charge in [0.2, 0.25) is 0 Å². The Balaban J connectivity index is 1.49. The topological polar surface area (TPSA) is 75.9 Å². The van der Waals surface area contributed by atoms with Gasteiger partial charge in [-0.25, -0.2) is 9.78 Å². The van der Waals surface area contributed by atoms with Crippen molar-refractivity contribution in [3.63, 3.8) is 0 Å². The number of carbonyl (C=O) groups excluding carboxylic acids is 1. The van der Waals surface area contributed by atoms with Crippen LogP contribution in [0.5, 0.6) is 0 Å². The summed E-state index contributed by atoms with van der Waals surface area (Å²) in [6, 6.07) is 13.0. The van der Waals surface area contributed by atoms with Crippen LogP contribution in [0.15, 0.2) is 51.7 Å². The normalized spacial score (nSPS) is 14.6. The number of ether oxygens (including phenoxy) is 1. The van der Waals surface area contributed by atoms with Gasteiger partial charge < -0.3 is 9.15 Å². The van der Waals surface area contributed by atoms with E-state index in [4.69, 9.17) is 14.1 Å². The molecule has 0 radical (unpaired) electrons. The summed E-state index contributed by atoms with van der Waals surface area (Å²) in [6.45, 7) is 8.64. The summed E-state index contributed by atoms with van der Waals surface area (Å²) in [5.41, 5.74) is 2.98. The number of hydrogen-bond acceptors (Lipinski definition) is 7. The number of fused-ring (bicyclic) bond motifs is 2. The summed E-state index contributed by atoms with van der Waals surface area (Å²) in [7, 11) is 0. The first-order valence-electron chi connectivity index (χ1n) is 11.5. The molecule has 0 saturated carbocycles. The number of amides is 1. The van der Waals surface area contributed by atoms with Crippen molar-refractivity contribution < 1.29 is 13.9 Å². The first-order chi connectivity index (χ1) is 16.5. The second-order valence-corrected chi connectivity index (χ2v) is 9.68. The minimum absolute atomic E-state index is 0.0252. The maximum Gasteiger partial charge on any atom is 0.349 e. The largest absolute Gasteiger partial charge is 0.422 e. The van der Waals surface area contributed by atoms with E-state index in [1.165, 1.54) is 11.3 Å². The number of rotatable bonds is 6. The van der Waals surface area contributed by atoms with Crippen molar-refractivity contribution in [3.8, 4) is 0 Å².